The molecule has 0 aromatic carbocycles. The van der Waals surface area contributed by atoms with E-state index >= 15 is 0 Å². The number of nitrogens with one attached hydrogen (secondary N) is 1. The van der Waals surface area contributed by atoms with E-state index < -0.39 is 10.8 Å². The summed E-state index contributed by atoms with van der Waals surface area (Å²) in [6.07, 6.45) is 5.34. The number of hydrogen-bond donors (Lipinski definition) is 1. The first-order valence-corrected chi connectivity index (χ1v) is 6.39. The van der Waals surface area contributed by atoms with Gasteiger partial charge in [0.25, 0.3) is 0 Å². The van der Waals surface area contributed by atoms with Crippen LogP contribution in [0.25, 0.3) is 0 Å². The first kappa shape index (κ1) is 10.7. The molecule has 2 heterocycles. The summed E-state index contributed by atoms with van der Waals surface area (Å²) in [4.78, 5) is 8.28. The van der Waals surface area contributed by atoms with Gasteiger partial charge in [0.2, 0.25) is 0 Å². The number of rotatable bonds is 2. The van der Waals surface area contributed by atoms with Crippen molar-refractivity contribution >= 4 is 10.8 Å². The van der Waals surface area contributed by atoms with Crippen molar-refractivity contribution in [2.24, 2.45) is 0 Å². The molecular formula is C10H15N3OS. The quantitative estimate of drug-likeness (QED) is 0.802. The lowest BCUT2D eigenvalue weighted by atomic mass is 10.2. The third kappa shape index (κ3) is 2.41. The van der Waals surface area contributed by atoms with Crippen molar-refractivity contribution < 1.29 is 4.21 Å². The topological polar surface area (TPSA) is 54.9 Å². The molecule has 0 amide bonds. The summed E-state index contributed by atoms with van der Waals surface area (Å²) in [7, 11) is -1.02. The maximum Gasteiger partial charge on any atom is 0.148 e. The lowest BCUT2D eigenvalue weighted by molar-refractivity contribution is 0.518. The molecule has 1 aromatic heterocycles. The van der Waals surface area contributed by atoms with Crippen LogP contribution < -0.4 is 5.32 Å². The van der Waals surface area contributed by atoms with Gasteiger partial charge in [0.05, 0.1) is 21.7 Å². The van der Waals surface area contributed by atoms with E-state index in [1.54, 1.807) is 12.4 Å². The van der Waals surface area contributed by atoms with E-state index in [9.17, 15) is 4.21 Å². The Bertz CT molecular complexity index is 363. The summed E-state index contributed by atoms with van der Waals surface area (Å²) in [5.74, 6) is 0. The van der Waals surface area contributed by atoms with E-state index in [0.29, 0.717) is 5.03 Å². The molecule has 1 aliphatic rings. The molecule has 0 bridgehead atoms. The molecule has 1 N–H and O–H groups in total. The molecule has 0 spiro atoms. The van der Waals surface area contributed by atoms with Crippen LogP contribution in [0, 0.1) is 6.92 Å². The smallest absolute Gasteiger partial charge is 0.148 e. The van der Waals surface area contributed by atoms with Crippen molar-refractivity contribution in [3.05, 3.63) is 18.1 Å². The highest BCUT2D eigenvalue weighted by Crippen LogP contribution is 2.16. The van der Waals surface area contributed by atoms with Crippen LogP contribution in [0.1, 0.15) is 18.5 Å². The van der Waals surface area contributed by atoms with Gasteiger partial charge in [-0.1, -0.05) is 0 Å². The lowest BCUT2D eigenvalue weighted by Crippen LogP contribution is -2.36. The van der Waals surface area contributed by atoms with Crippen LogP contribution in [0.5, 0.6) is 0 Å². The lowest BCUT2D eigenvalue weighted by Gasteiger charge is -2.21. The van der Waals surface area contributed by atoms with E-state index in [2.05, 4.69) is 15.3 Å². The molecule has 0 saturated carbocycles. The SMILES string of the molecule is Cc1nccnc1[S@](=O)[C@@H]1CCCNC1. The van der Waals surface area contributed by atoms with E-state index in [1.165, 1.54) is 0 Å². The maximum absolute atomic E-state index is 12.2. The highest BCUT2D eigenvalue weighted by atomic mass is 32.2. The normalized spacial score (nSPS) is 23.7. The molecule has 1 aromatic rings. The summed E-state index contributed by atoms with van der Waals surface area (Å²) >= 11 is 0. The van der Waals surface area contributed by atoms with Crippen molar-refractivity contribution in [1.82, 2.24) is 15.3 Å². The number of aryl methyl sites for hydroxylation is 1. The maximum atomic E-state index is 12.2. The Morgan fingerprint density at radius 2 is 2.27 bits per heavy atom. The Morgan fingerprint density at radius 1 is 1.47 bits per heavy atom. The zero-order chi connectivity index (χ0) is 10.7. The Labute approximate surface area is 92.0 Å². The largest absolute Gasteiger partial charge is 0.316 e. The Balaban J connectivity index is 2.16. The van der Waals surface area contributed by atoms with Gasteiger partial charge in [-0.2, -0.15) is 0 Å². The predicted molar refractivity (Wildman–Crippen MR) is 59.1 cm³/mol. The molecule has 15 heavy (non-hydrogen) atoms. The zero-order valence-electron chi connectivity index (χ0n) is 8.77. The van der Waals surface area contributed by atoms with Gasteiger partial charge in [-0.05, 0) is 26.3 Å². The Morgan fingerprint density at radius 3 is 2.93 bits per heavy atom. The fourth-order valence-electron chi connectivity index (χ4n) is 1.75. The van der Waals surface area contributed by atoms with Gasteiger partial charge in [-0.3, -0.25) is 9.19 Å². The van der Waals surface area contributed by atoms with E-state index in [1.807, 2.05) is 6.92 Å². The molecule has 2 rings (SSSR count). The monoisotopic (exact) mass is 225 g/mol. The van der Waals surface area contributed by atoms with E-state index in [0.717, 1.165) is 31.6 Å². The summed E-state index contributed by atoms with van der Waals surface area (Å²) in [5, 5.41) is 4.10. The van der Waals surface area contributed by atoms with Crippen molar-refractivity contribution in [3.8, 4) is 0 Å². The molecule has 5 heteroatoms. The van der Waals surface area contributed by atoms with Crippen LogP contribution in [0.2, 0.25) is 0 Å². The minimum atomic E-state index is -1.02. The van der Waals surface area contributed by atoms with Crippen molar-refractivity contribution in [1.29, 1.82) is 0 Å². The van der Waals surface area contributed by atoms with Crippen LogP contribution in [0.4, 0.5) is 0 Å². The Kier molecular flexibility index (Phi) is 3.43. The van der Waals surface area contributed by atoms with Crippen LogP contribution in [-0.2, 0) is 10.8 Å². The van der Waals surface area contributed by atoms with Crippen LogP contribution in [0.15, 0.2) is 17.4 Å². The van der Waals surface area contributed by atoms with Crippen LogP contribution >= 0.6 is 0 Å². The Hall–Kier alpha value is -0.810. The first-order valence-electron chi connectivity index (χ1n) is 5.18. The molecule has 0 aliphatic carbocycles. The highest BCUT2D eigenvalue weighted by molar-refractivity contribution is 7.85. The molecule has 1 fully saturated rings. The minimum Gasteiger partial charge on any atom is -0.316 e. The molecule has 1 saturated heterocycles. The molecule has 82 valence electrons. The first-order chi connectivity index (χ1) is 7.29. The van der Waals surface area contributed by atoms with Crippen molar-refractivity contribution in [2.75, 3.05) is 13.1 Å². The number of aromatic nitrogens is 2. The van der Waals surface area contributed by atoms with Gasteiger partial charge in [0, 0.05) is 18.9 Å². The van der Waals surface area contributed by atoms with Gasteiger partial charge < -0.3 is 5.32 Å². The minimum absolute atomic E-state index is 0.189. The standard InChI is InChI=1S/C10H15N3OS/c1-8-10(13-6-5-12-8)15(14)9-3-2-4-11-7-9/h5-6,9,11H,2-4,7H2,1H3/t9-,15-/m1/s1. The van der Waals surface area contributed by atoms with Gasteiger partial charge in [0.1, 0.15) is 5.03 Å². The van der Waals surface area contributed by atoms with Gasteiger partial charge in [-0.25, -0.2) is 4.98 Å². The average Bonchev–Trinajstić information content (AvgIpc) is 2.30. The zero-order valence-corrected chi connectivity index (χ0v) is 9.59. The summed E-state index contributed by atoms with van der Waals surface area (Å²) in [6.45, 7) is 3.71. The molecule has 1 aliphatic heterocycles. The highest BCUT2D eigenvalue weighted by Gasteiger charge is 2.23. The van der Waals surface area contributed by atoms with Gasteiger partial charge in [-0.15, -0.1) is 0 Å². The third-order valence-corrected chi connectivity index (χ3v) is 4.37. The third-order valence-electron chi connectivity index (χ3n) is 2.58. The predicted octanol–water partition coefficient (Wildman–Crippen LogP) is 0.645. The molecule has 4 nitrogen and oxygen atoms in total. The summed E-state index contributed by atoms with van der Waals surface area (Å²) in [6, 6.07) is 0. The fourth-order valence-corrected chi connectivity index (χ4v) is 3.23. The van der Waals surface area contributed by atoms with Gasteiger partial charge in [0.15, 0.2) is 0 Å². The van der Waals surface area contributed by atoms with Gasteiger partial charge >= 0.3 is 0 Å². The molecule has 2 atom stereocenters. The molecule has 0 radical (unpaired) electrons. The second-order valence-electron chi connectivity index (χ2n) is 3.71. The van der Waals surface area contributed by atoms with Crippen LogP contribution in [0.3, 0.4) is 0 Å². The van der Waals surface area contributed by atoms with E-state index in [4.69, 9.17) is 0 Å². The number of piperidine rings is 1. The molecular weight excluding hydrogens is 210 g/mol. The average molecular weight is 225 g/mol. The van der Waals surface area contributed by atoms with Crippen molar-refractivity contribution in [2.45, 2.75) is 30.0 Å². The summed E-state index contributed by atoms with van der Waals surface area (Å²) < 4.78 is 12.2. The van der Waals surface area contributed by atoms with E-state index in [-0.39, 0.29) is 5.25 Å². The second kappa shape index (κ2) is 4.81. The van der Waals surface area contributed by atoms with Crippen molar-refractivity contribution in [3.63, 3.8) is 0 Å². The summed E-state index contributed by atoms with van der Waals surface area (Å²) in [5.41, 5.74) is 0.779. The fraction of sp³-hybridized carbons (Fsp3) is 0.600. The van der Waals surface area contributed by atoms with Crippen LogP contribution in [-0.4, -0.2) is 32.5 Å². The number of nitrogens with zero attached hydrogens (tertiary/aromatic N) is 2. The number of hydrogen-bond acceptors (Lipinski definition) is 4. The molecule has 0 unspecified atom stereocenters. The second-order valence-corrected chi connectivity index (χ2v) is 5.36.